The molecule has 0 aliphatic carbocycles. The molecular formula is C60H41N3Si. The van der Waals surface area contributed by atoms with Crippen molar-refractivity contribution in [2.45, 2.75) is 0 Å². The molecule has 300 valence electrons. The van der Waals surface area contributed by atoms with Gasteiger partial charge in [0.05, 0.1) is 38.8 Å². The summed E-state index contributed by atoms with van der Waals surface area (Å²) in [5.41, 5.74) is 10.6. The Morgan fingerprint density at radius 3 is 1.16 bits per heavy atom. The van der Waals surface area contributed by atoms with Crippen LogP contribution in [0.2, 0.25) is 0 Å². The largest absolute Gasteiger partial charge is 0.309 e. The maximum absolute atomic E-state index is 3.08. The molecule has 0 aliphatic heterocycles. The average molecular weight is 832 g/mol. The van der Waals surface area contributed by atoms with Crippen molar-refractivity contribution in [3.63, 3.8) is 0 Å². The van der Waals surface area contributed by atoms with Crippen molar-refractivity contribution in [1.82, 2.24) is 13.7 Å². The van der Waals surface area contributed by atoms with Gasteiger partial charge in [-0.3, -0.25) is 0 Å². The lowest BCUT2D eigenvalue weighted by Gasteiger charge is -2.36. The summed E-state index contributed by atoms with van der Waals surface area (Å²) < 4.78 is 7.53. The van der Waals surface area contributed by atoms with E-state index in [4.69, 9.17) is 0 Å². The zero-order valence-electron chi connectivity index (χ0n) is 35.0. The highest BCUT2D eigenvalue weighted by atomic mass is 28.3. The Kier molecular flexibility index (Phi) is 8.23. The first-order chi connectivity index (χ1) is 31.8. The minimum Gasteiger partial charge on any atom is -0.309 e. The number of hydrogen-bond acceptors (Lipinski definition) is 0. The van der Waals surface area contributed by atoms with Crippen LogP contribution in [0.1, 0.15) is 0 Å². The number of para-hydroxylation sites is 5. The van der Waals surface area contributed by atoms with Gasteiger partial charge in [0.25, 0.3) is 0 Å². The number of rotatable bonds is 7. The Morgan fingerprint density at radius 1 is 0.250 bits per heavy atom. The van der Waals surface area contributed by atoms with Gasteiger partial charge >= 0.3 is 0 Å². The minimum atomic E-state index is -3.08. The van der Waals surface area contributed by atoms with Gasteiger partial charge < -0.3 is 13.7 Å². The van der Waals surface area contributed by atoms with Crippen molar-refractivity contribution in [1.29, 1.82) is 0 Å². The van der Waals surface area contributed by atoms with E-state index in [0.717, 1.165) is 11.4 Å². The van der Waals surface area contributed by atoms with Gasteiger partial charge in [-0.05, 0) is 75.3 Å². The number of fused-ring (bicyclic) bond motifs is 9. The first kappa shape index (κ1) is 36.5. The molecule has 0 atom stereocenters. The summed E-state index contributed by atoms with van der Waals surface area (Å²) in [5.74, 6) is 0. The van der Waals surface area contributed by atoms with E-state index in [9.17, 15) is 0 Å². The molecule has 0 amide bonds. The third kappa shape index (κ3) is 5.21. The second-order valence-corrected chi connectivity index (χ2v) is 20.6. The van der Waals surface area contributed by atoms with Gasteiger partial charge in [-0.25, -0.2) is 0 Å². The Morgan fingerprint density at radius 2 is 0.641 bits per heavy atom. The Bertz CT molecular complexity index is 3730. The molecule has 0 saturated heterocycles. The van der Waals surface area contributed by atoms with Crippen LogP contribution >= 0.6 is 0 Å². The van der Waals surface area contributed by atoms with Gasteiger partial charge in [0, 0.05) is 43.7 Å². The second-order valence-electron chi connectivity index (χ2n) is 16.8. The molecule has 4 heteroatoms. The van der Waals surface area contributed by atoms with Crippen LogP contribution in [0.5, 0.6) is 0 Å². The highest BCUT2D eigenvalue weighted by Gasteiger charge is 2.44. The molecule has 3 heterocycles. The fraction of sp³-hybridized carbons (Fsp3) is 0. The Balaban J connectivity index is 1.23. The van der Waals surface area contributed by atoms with E-state index in [1.54, 1.807) is 0 Å². The van der Waals surface area contributed by atoms with Crippen LogP contribution in [-0.2, 0) is 0 Å². The zero-order chi connectivity index (χ0) is 42.2. The fourth-order valence-corrected chi connectivity index (χ4v) is 15.9. The fourth-order valence-electron chi connectivity index (χ4n) is 11.0. The SMILES string of the molecule is c1ccc(-n2c3ccccc3c3ccc(-n4c5ccccc5c5c(-n6c7ccccc7c7ccccc76)c([Si](c6ccccc6)(c6ccccc6)c6ccccc6)ccc54)cc32)cc1. The molecule has 3 nitrogen and oxygen atoms in total. The van der Waals surface area contributed by atoms with Crippen LogP contribution in [0, 0.1) is 0 Å². The van der Waals surface area contributed by atoms with Crippen LogP contribution in [0.3, 0.4) is 0 Å². The van der Waals surface area contributed by atoms with E-state index in [1.165, 1.54) is 91.9 Å². The van der Waals surface area contributed by atoms with Crippen molar-refractivity contribution in [2.24, 2.45) is 0 Å². The van der Waals surface area contributed by atoms with Crippen molar-refractivity contribution < 1.29 is 0 Å². The molecule has 3 aromatic heterocycles. The summed E-state index contributed by atoms with van der Waals surface area (Å²) in [6.45, 7) is 0. The summed E-state index contributed by atoms with van der Waals surface area (Å²) in [6.07, 6.45) is 0. The maximum Gasteiger partial charge on any atom is 0.181 e. The summed E-state index contributed by atoms with van der Waals surface area (Å²) in [4.78, 5) is 0. The van der Waals surface area contributed by atoms with Crippen molar-refractivity contribution in [2.75, 3.05) is 0 Å². The van der Waals surface area contributed by atoms with Crippen molar-refractivity contribution >= 4 is 94.2 Å². The van der Waals surface area contributed by atoms with Gasteiger partial charge in [-0.1, -0.05) is 194 Å². The molecular weight excluding hydrogens is 791 g/mol. The zero-order valence-corrected chi connectivity index (χ0v) is 36.0. The van der Waals surface area contributed by atoms with Crippen LogP contribution in [0.4, 0.5) is 0 Å². The molecule has 0 radical (unpaired) electrons. The lowest BCUT2D eigenvalue weighted by atomic mass is 10.1. The summed E-state index contributed by atoms with van der Waals surface area (Å²) in [7, 11) is -3.08. The molecule has 0 fully saturated rings. The third-order valence-corrected chi connectivity index (χ3v) is 18.4. The minimum absolute atomic E-state index is 1.12. The number of aromatic nitrogens is 3. The monoisotopic (exact) mass is 831 g/mol. The van der Waals surface area contributed by atoms with E-state index in [-0.39, 0.29) is 0 Å². The highest BCUT2D eigenvalue weighted by Crippen LogP contribution is 2.41. The summed E-state index contributed by atoms with van der Waals surface area (Å²) in [5, 5.41) is 12.8. The first-order valence-electron chi connectivity index (χ1n) is 22.1. The van der Waals surface area contributed by atoms with Gasteiger partial charge in [0.1, 0.15) is 0 Å². The van der Waals surface area contributed by atoms with E-state index in [2.05, 4.69) is 262 Å². The van der Waals surface area contributed by atoms with Crippen molar-refractivity contribution in [3.05, 3.63) is 249 Å². The molecule has 0 spiro atoms. The first-order valence-corrected chi connectivity index (χ1v) is 24.1. The van der Waals surface area contributed by atoms with Gasteiger partial charge in [0.2, 0.25) is 0 Å². The second kappa shape index (κ2) is 14.5. The normalized spacial score (nSPS) is 12.1. The smallest absolute Gasteiger partial charge is 0.181 e. The Hall–Kier alpha value is -8.18. The van der Waals surface area contributed by atoms with Gasteiger partial charge in [-0.2, -0.15) is 0 Å². The lowest BCUT2D eigenvalue weighted by Crippen LogP contribution is -2.75. The molecule has 0 aliphatic rings. The molecule has 0 unspecified atom stereocenters. The van der Waals surface area contributed by atoms with Crippen molar-refractivity contribution in [3.8, 4) is 17.1 Å². The predicted molar refractivity (Wildman–Crippen MR) is 273 cm³/mol. The molecule has 0 bridgehead atoms. The third-order valence-electron chi connectivity index (χ3n) is 13.6. The van der Waals surface area contributed by atoms with E-state index < -0.39 is 8.07 Å². The van der Waals surface area contributed by atoms with E-state index >= 15 is 0 Å². The molecule has 13 rings (SSSR count). The number of hydrogen-bond donors (Lipinski definition) is 0. The van der Waals surface area contributed by atoms with Crippen LogP contribution in [0.25, 0.3) is 82.5 Å². The molecule has 10 aromatic carbocycles. The number of benzene rings is 10. The van der Waals surface area contributed by atoms with E-state index in [0.29, 0.717) is 0 Å². The average Bonchev–Trinajstić information content (AvgIpc) is 4.01. The predicted octanol–water partition coefficient (Wildman–Crippen LogP) is 12.4. The van der Waals surface area contributed by atoms with E-state index in [1.807, 2.05) is 0 Å². The molecule has 0 saturated carbocycles. The van der Waals surface area contributed by atoms with Crippen LogP contribution < -0.4 is 20.7 Å². The highest BCUT2D eigenvalue weighted by molar-refractivity contribution is 7.20. The molecule has 13 aromatic rings. The van der Waals surface area contributed by atoms with Gasteiger partial charge in [-0.15, -0.1) is 0 Å². The molecule has 0 N–H and O–H groups in total. The summed E-state index contributed by atoms with van der Waals surface area (Å²) >= 11 is 0. The molecule has 64 heavy (non-hydrogen) atoms. The standard InChI is InChI=1S/C60H41N3Si/c1-5-21-42(22-6-1)61-52-33-17-13-31-49(52)50-38-37-43(41-57(50)61)62-55-36-20-16-32-51(55)59-56(62)39-40-58(60(59)63-53-34-18-14-29-47(53)48-30-15-19-35-54(48)63)64(44-23-7-2-8-24-44,45-25-9-3-10-26-45)46-27-11-4-12-28-46/h1-41H. The lowest BCUT2D eigenvalue weighted by molar-refractivity contribution is 1.15. The maximum atomic E-state index is 2.60. The topological polar surface area (TPSA) is 14.8 Å². The van der Waals surface area contributed by atoms with Crippen LogP contribution in [0.15, 0.2) is 249 Å². The Labute approximate surface area is 372 Å². The summed E-state index contributed by atoms with van der Waals surface area (Å²) in [6, 6.07) is 92.5. The van der Waals surface area contributed by atoms with Crippen LogP contribution in [-0.4, -0.2) is 21.8 Å². The van der Waals surface area contributed by atoms with Gasteiger partial charge in [0.15, 0.2) is 8.07 Å². The number of nitrogens with zero attached hydrogens (tertiary/aromatic N) is 3. The quantitative estimate of drug-likeness (QED) is 0.112.